The van der Waals surface area contributed by atoms with Crippen LogP contribution in [0.4, 0.5) is 5.69 Å². The van der Waals surface area contributed by atoms with E-state index in [4.69, 9.17) is 15.6 Å². The lowest BCUT2D eigenvalue weighted by atomic mass is 10.1. The zero-order valence-electron chi connectivity index (χ0n) is 8.49. The van der Waals surface area contributed by atoms with Crippen molar-refractivity contribution in [1.82, 2.24) is 5.32 Å². The molecule has 1 aromatic carbocycles. The van der Waals surface area contributed by atoms with Crippen LogP contribution in [0.2, 0.25) is 0 Å². The second kappa shape index (κ2) is 5.21. The first-order valence-corrected chi connectivity index (χ1v) is 4.52. The molecular weight excluding hydrogens is 196 g/mol. The number of nitrogen functional groups attached to an aromatic ring is 1. The third-order valence-corrected chi connectivity index (χ3v) is 1.90. The summed E-state index contributed by atoms with van der Waals surface area (Å²) in [6, 6.07) is 4.98. The van der Waals surface area contributed by atoms with E-state index in [1.54, 1.807) is 18.2 Å². The number of methoxy groups -OCH3 is 1. The highest BCUT2D eigenvalue weighted by atomic mass is 16.5. The minimum atomic E-state index is -0.348. The van der Waals surface area contributed by atoms with E-state index in [1.807, 2.05) is 0 Å². The molecule has 0 aromatic heterocycles. The van der Waals surface area contributed by atoms with E-state index >= 15 is 0 Å². The van der Waals surface area contributed by atoms with Gasteiger partial charge in [0.25, 0.3) is 5.91 Å². The van der Waals surface area contributed by atoms with Gasteiger partial charge in [-0.25, -0.2) is 0 Å². The maximum absolute atomic E-state index is 11.6. The average molecular weight is 210 g/mol. The summed E-state index contributed by atoms with van der Waals surface area (Å²) >= 11 is 0. The molecule has 0 spiro atoms. The Labute approximate surface area is 87.9 Å². The lowest BCUT2D eigenvalue weighted by molar-refractivity contribution is 0.0942. The van der Waals surface area contributed by atoms with Crippen molar-refractivity contribution >= 4 is 11.6 Å². The van der Waals surface area contributed by atoms with Crippen molar-refractivity contribution in [2.24, 2.45) is 0 Å². The predicted octanol–water partition coefficient (Wildman–Crippen LogP) is -0.000500. The minimum Gasteiger partial charge on any atom is -0.496 e. The Kier molecular flexibility index (Phi) is 3.93. The fourth-order valence-electron chi connectivity index (χ4n) is 1.22. The number of hydrogen-bond donors (Lipinski definition) is 3. The Hall–Kier alpha value is -1.75. The van der Waals surface area contributed by atoms with Gasteiger partial charge in [0.2, 0.25) is 0 Å². The van der Waals surface area contributed by atoms with E-state index in [0.29, 0.717) is 17.0 Å². The van der Waals surface area contributed by atoms with Crippen molar-refractivity contribution in [3.63, 3.8) is 0 Å². The highest BCUT2D eigenvalue weighted by Gasteiger charge is 2.14. The van der Waals surface area contributed by atoms with Crippen LogP contribution in [0.3, 0.4) is 0 Å². The zero-order chi connectivity index (χ0) is 11.3. The van der Waals surface area contributed by atoms with Gasteiger partial charge in [-0.05, 0) is 12.1 Å². The average Bonchev–Trinajstić information content (AvgIpc) is 2.25. The molecule has 0 aliphatic carbocycles. The van der Waals surface area contributed by atoms with Gasteiger partial charge in [-0.3, -0.25) is 4.79 Å². The number of nitrogens with two attached hydrogens (primary N) is 1. The molecule has 4 N–H and O–H groups in total. The Bertz CT molecular complexity index is 353. The molecule has 0 aliphatic heterocycles. The third-order valence-electron chi connectivity index (χ3n) is 1.90. The molecule has 0 saturated heterocycles. The van der Waals surface area contributed by atoms with Crippen LogP contribution in [0.15, 0.2) is 18.2 Å². The summed E-state index contributed by atoms with van der Waals surface area (Å²) in [7, 11) is 1.47. The summed E-state index contributed by atoms with van der Waals surface area (Å²) in [5.41, 5.74) is 6.32. The molecule has 15 heavy (non-hydrogen) atoms. The summed E-state index contributed by atoms with van der Waals surface area (Å²) in [6.45, 7) is 0.0805. The van der Waals surface area contributed by atoms with Gasteiger partial charge < -0.3 is 20.9 Å². The minimum absolute atomic E-state index is 0.110. The molecule has 0 unspecified atom stereocenters. The molecular formula is C10H14N2O3. The molecule has 0 atom stereocenters. The fourth-order valence-corrected chi connectivity index (χ4v) is 1.22. The van der Waals surface area contributed by atoms with Crippen molar-refractivity contribution in [2.45, 2.75) is 0 Å². The van der Waals surface area contributed by atoms with Gasteiger partial charge in [0, 0.05) is 12.2 Å². The molecule has 82 valence electrons. The van der Waals surface area contributed by atoms with Crippen LogP contribution in [0.25, 0.3) is 0 Å². The van der Waals surface area contributed by atoms with Gasteiger partial charge in [-0.15, -0.1) is 0 Å². The van der Waals surface area contributed by atoms with Crippen molar-refractivity contribution in [1.29, 1.82) is 0 Å². The second-order valence-corrected chi connectivity index (χ2v) is 2.90. The van der Waals surface area contributed by atoms with E-state index in [0.717, 1.165) is 0 Å². The molecule has 5 nitrogen and oxygen atoms in total. The Morgan fingerprint density at radius 2 is 2.33 bits per heavy atom. The molecule has 1 aromatic rings. The van der Waals surface area contributed by atoms with Crippen LogP contribution >= 0.6 is 0 Å². The van der Waals surface area contributed by atoms with Crippen molar-refractivity contribution in [3.05, 3.63) is 23.8 Å². The van der Waals surface area contributed by atoms with E-state index in [-0.39, 0.29) is 19.1 Å². The number of aliphatic hydroxyl groups is 1. The monoisotopic (exact) mass is 210 g/mol. The van der Waals surface area contributed by atoms with Crippen molar-refractivity contribution in [3.8, 4) is 5.75 Å². The summed E-state index contributed by atoms with van der Waals surface area (Å²) in [6.07, 6.45) is 0. The van der Waals surface area contributed by atoms with Crippen LogP contribution in [0.1, 0.15) is 10.4 Å². The number of aliphatic hydroxyl groups excluding tert-OH is 1. The van der Waals surface area contributed by atoms with Gasteiger partial charge in [0.05, 0.1) is 13.7 Å². The summed E-state index contributed by atoms with van der Waals surface area (Å²) < 4.78 is 5.02. The first-order valence-electron chi connectivity index (χ1n) is 4.52. The molecule has 5 heteroatoms. The lowest BCUT2D eigenvalue weighted by Crippen LogP contribution is -2.27. The highest BCUT2D eigenvalue weighted by molar-refractivity contribution is 6.01. The van der Waals surface area contributed by atoms with E-state index < -0.39 is 0 Å². The number of carbonyl (C=O) groups is 1. The number of amides is 1. The van der Waals surface area contributed by atoms with Crippen LogP contribution in [-0.4, -0.2) is 31.3 Å². The number of rotatable bonds is 4. The SMILES string of the molecule is COc1cccc(N)c1C(=O)NCCO. The Morgan fingerprint density at radius 3 is 2.93 bits per heavy atom. The summed E-state index contributed by atoms with van der Waals surface area (Å²) in [5.74, 6) is 0.0736. The number of carbonyl (C=O) groups excluding carboxylic acids is 1. The van der Waals surface area contributed by atoms with Crippen LogP contribution in [0.5, 0.6) is 5.75 Å². The molecule has 0 saturated carbocycles. The fraction of sp³-hybridized carbons (Fsp3) is 0.300. The number of hydrogen-bond acceptors (Lipinski definition) is 4. The largest absolute Gasteiger partial charge is 0.496 e. The topological polar surface area (TPSA) is 84.6 Å². The third kappa shape index (κ3) is 2.60. The Balaban J connectivity index is 2.95. The first-order chi connectivity index (χ1) is 7.20. The van der Waals surface area contributed by atoms with E-state index in [1.165, 1.54) is 7.11 Å². The van der Waals surface area contributed by atoms with Gasteiger partial charge in [0.15, 0.2) is 0 Å². The van der Waals surface area contributed by atoms with Gasteiger partial charge in [-0.1, -0.05) is 6.07 Å². The number of anilines is 1. The number of benzene rings is 1. The van der Waals surface area contributed by atoms with Crippen LogP contribution < -0.4 is 15.8 Å². The number of nitrogens with one attached hydrogen (secondary N) is 1. The highest BCUT2D eigenvalue weighted by Crippen LogP contribution is 2.23. The Morgan fingerprint density at radius 1 is 1.60 bits per heavy atom. The van der Waals surface area contributed by atoms with Crippen LogP contribution in [0, 0.1) is 0 Å². The maximum atomic E-state index is 11.6. The van der Waals surface area contributed by atoms with Crippen molar-refractivity contribution in [2.75, 3.05) is 26.0 Å². The number of ether oxygens (including phenoxy) is 1. The molecule has 0 heterocycles. The van der Waals surface area contributed by atoms with Crippen LogP contribution in [-0.2, 0) is 0 Å². The second-order valence-electron chi connectivity index (χ2n) is 2.90. The maximum Gasteiger partial charge on any atom is 0.257 e. The molecule has 0 aliphatic rings. The molecule has 0 radical (unpaired) electrons. The summed E-state index contributed by atoms with van der Waals surface area (Å²) in [4.78, 5) is 11.6. The zero-order valence-corrected chi connectivity index (χ0v) is 8.49. The molecule has 1 rings (SSSR count). The summed E-state index contributed by atoms with van der Waals surface area (Å²) in [5, 5.41) is 11.1. The first kappa shape index (κ1) is 11.3. The van der Waals surface area contributed by atoms with Gasteiger partial charge in [-0.2, -0.15) is 0 Å². The predicted molar refractivity (Wildman–Crippen MR) is 56.8 cm³/mol. The molecule has 1 amide bonds. The van der Waals surface area contributed by atoms with Crippen molar-refractivity contribution < 1.29 is 14.6 Å². The van der Waals surface area contributed by atoms with E-state index in [9.17, 15) is 4.79 Å². The van der Waals surface area contributed by atoms with Gasteiger partial charge >= 0.3 is 0 Å². The quantitative estimate of drug-likeness (QED) is 0.611. The smallest absolute Gasteiger partial charge is 0.257 e. The van der Waals surface area contributed by atoms with Gasteiger partial charge in [0.1, 0.15) is 11.3 Å². The molecule has 0 fully saturated rings. The normalized spacial score (nSPS) is 9.73. The standard InChI is InChI=1S/C10H14N2O3/c1-15-8-4-2-3-7(11)9(8)10(14)12-5-6-13/h2-4,13H,5-6,11H2,1H3,(H,12,14). The lowest BCUT2D eigenvalue weighted by Gasteiger charge is -2.10. The van der Waals surface area contributed by atoms with E-state index in [2.05, 4.69) is 5.32 Å². The molecule has 0 bridgehead atoms.